The van der Waals surface area contributed by atoms with Gasteiger partial charge in [-0.3, -0.25) is 0 Å². The van der Waals surface area contributed by atoms with E-state index in [-0.39, 0.29) is 5.56 Å². The van der Waals surface area contributed by atoms with Crippen molar-refractivity contribution in [3.05, 3.63) is 23.8 Å². The van der Waals surface area contributed by atoms with Crippen LogP contribution in [0.2, 0.25) is 0 Å². The second kappa shape index (κ2) is 5.35. The van der Waals surface area contributed by atoms with Gasteiger partial charge in [0, 0.05) is 0 Å². The van der Waals surface area contributed by atoms with Gasteiger partial charge >= 0.3 is 0 Å². The van der Waals surface area contributed by atoms with Crippen LogP contribution < -0.4 is 0 Å². The molecule has 0 aliphatic heterocycles. The van der Waals surface area contributed by atoms with Gasteiger partial charge in [-0.05, 0) is 18.9 Å². The van der Waals surface area contributed by atoms with Crippen LogP contribution in [0.1, 0.15) is 25.8 Å². The maximum absolute atomic E-state index is 9.73. The second-order valence-corrected chi connectivity index (χ2v) is 3.67. The van der Waals surface area contributed by atoms with Crippen LogP contribution in [-0.4, -0.2) is 25.5 Å². The quantitative estimate of drug-likeness (QED) is 0.323. The molecule has 1 rings (SSSR count). The molecule has 18 heavy (non-hydrogen) atoms. The lowest BCUT2D eigenvalue weighted by atomic mass is 10.0. The molecule has 98 valence electrons. The summed E-state index contributed by atoms with van der Waals surface area (Å²) < 4.78 is 0. The molecule has 5 N–H and O–H groups in total. The van der Waals surface area contributed by atoms with Crippen molar-refractivity contribution in [3.8, 4) is 28.7 Å². The van der Waals surface area contributed by atoms with Crippen molar-refractivity contribution < 1.29 is 25.5 Å². The van der Waals surface area contributed by atoms with Crippen LogP contribution in [0.25, 0.3) is 5.57 Å². The van der Waals surface area contributed by atoms with E-state index in [1.54, 1.807) is 25.2 Å². The zero-order chi connectivity index (χ0) is 13.9. The van der Waals surface area contributed by atoms with Crippen LogP contribution in [-0.2, 0) is 0 Å². The van der Waals surface area contributed by atoms with Crippen LogP contribution >= 0.6 is 0 Å². The Morgan fingerprint density at radius 1 is 0.889 bits per heavy atom. The predicted molar refractivity (Wildman–Crippen MR) is 67.8 cm³/mol. The Morgan fingerprint density at radius 3 is 1.72 bits per heavy atom. The zero-order valence-electron chi connectivity index (χ0n) is 10.2. The van der Waals surface area contributed by atoms with E-state index >= 15 is 0 Å². The van der Waals surface area contributed by atoms with Gasteiger partial charge in [-0.2, -0.15) is 0 Å². The molecule has 0 aromatic heterocycles. The molecule has 0 unspecified atom stereocenters. The summed E-state index contributed by atoms with van der Waals surface area (Å²) in [7, 11) is 0. The van der Waals surface area contributed by atoms with Crippen molar-refractivity contribution in [1.82, 2.24) is 0 Å². The smallest absolute Gasteiger partial charge is 0.208 e. The minimum atomic E-state index is -0.955. The van der Waals surface area contributed by atoms with Gasteiger partial charge in [0.25, 0.3) is 0 Å². The van der Waals surface area contributed by atoms with Crippen LogP contribution in [0.15, 0.2) is 18.2 Å². The Morgan fingerprint density at radius 2 is 1.33 bits per heavy atom. The average Bonchev–Trinajstić information content (AvgIpc) is 2.38. The molecule has 0 aliphatic carbocycles. The highest BCUT2D eigenvalue weighted by Gasteiger charge is 2.24. The molecule has 0 spiro atoms. The topological polar surface area (TPSA) is 101 Å². The van der Waals surface area contributed by atoms with Gasteiger partial charge in [-0.1, -0.05) is 25.2 Å². The third-order valence-electron chi connectivity index (χ3n) is 2.50. The van der Waals surface area contributed by atoms with Crippen molar-refractivity contribution in [2.24, 2.45) is 0 Å². The average molecular weight is 252 g/mol. The van der Waals surface area contributed by atoms with Crippen LogP contribution in [0, 0.1) is 0 Å². The molecule has 1 aromatic carbocycles. The molecule has 0 heterocycles. The number of aromatic hydroxyl groups is 5. The lowest BCUT2D eigenvalue weighted by Gasteiger charge is -2.12. The molecule has 5 heteroatoms. The van der Waals surface area contributed by atoms with Gasteiger partial charge in [0.2, 0.25) is 17.2 Å². The Labute approximate surface area is 105 Å². The van der Waals surface area contributed by atoms with Gasteiger partial charge in [0.15, 0.2) is 11.5 Å². The SMILES string of the molecule is C/C=C(\C=C/CC)c1c(O)c(O)c(O)c(O)c1O. The summed E-state index contributed by atoms with van der Waals surface area (Å²) in [6.45, 7) is 3.59. The Hall–Kier alpha value is -2.30. The normalized spacial score (nSPS) is 12.2. The first-order chi connectivity index (χ1) is 8.45. The van der Waals surface area contributed by atoms with Crippen LogP contribution in [0.4, 0.5) is 0 Å². The third-order valence-corrected chi connectivity index (χ3v) is 2.50. The molecule has 0 aliphatic rings. The predicted octanol–water partition coefficient (Wildman–Crippen LogP) is 2.58. The minimum absolute atomic E-state index is 0.130. The number of allylic oxidation sites excluding steroid dienone is 4. The second-order valence-electron chi connectivity index (χ2n) is 3.67. The highest BCUT2D eigenvalue weighted by atomic mass is 16.4. The highest BCUT2D eigenvalue weighted by molar-refractivity contribution is 5.86. The Bertz CT molecular complexity index is 486. The van der Waals surface area contributed by atoms with Crippen molar-refractivity contribution in [2.75, 3.05) is 0 Å². The monoisotopic (exact) mass is 252 g/mol. The number of phenols is 5. The number of rotatable bonds is 3. The van der Waals surface area contributed by atoms with Gasteiger partial charge in [-0.25, -0.2) is 0 Å². The van der Waals surface area contributed by atoms with Crippen LogP contribution in [0.5, 0.6) is 28.7 Å². The summed E-state index contributed by atoms with van der Waals surface area (Å²) in [5.74, 6) is -4.06. The van der Waals surface area contributed by atoms with E-state index in [0.29, 0.717) is 5.57 Å². The lowest BCUT2D eigenvalue weighted by Crippen LogP contribution is -1.87. The first-order valence-electron chi connectivity index (χ1n) is 5.47. The largest absolute Gasteiger partial charge is 0.504 e. The first kappa shape index (κ1) is 13.8. The molecule has 0 radical (unpaired) electrons. The summed E-state index contributed by atoms with van der Waals surface area (Å²) in [6, 6.07) is 0. The fraction of sp³-hybridized carbons (Fsp3) is 0.231. The molecule has 0 fully saturated rings. The molecule has 1 aromatic rings. The molecule has 0 atom stereocenters. The maximum Gasteiger partial charge on any atom is 0.208 e. The number of hydrogen-bond acceptors (Lipinski definition) is 5. The molecule has 0 amide bonds. The number of phenolic OH excluding ortho intramolecular Hbond substituents is 5. The fourth-order valence-corrected chi connectivity index (χ4v) is 1.53. The summed E-state index contributed by atoms with van der Waals surface area (Å²) in [4.78, 5) is 0. The van der Waals surface area contributed by atoms with E-state index < -0.39 is 28.7 Å². The first-order valence-corrected chi connectivity index (χ1v) is 5.47. The zero-order valence-corrected chi connectivity index (χ0v) is 10.2. The number of hydrogen-bond donors (Lipinski definition) is 5. The lowest BCUT2D eigenvalue weighted by molar-refractivity contribution is 0.327. The molecule has 0 saturated heterocycles. The summed E-state index contributed by atoms with van der Waals surface area (Å²) in [5, 5.41) is 47.6. The Balaban J connectivity index is 3.55. The molecule has 0 bridgehead atoms. The van der Waals surface area contributed by atoms with E-state index in [0.717, 1.165) is 6.42 Å². The van der Waals surface area contributed by atoms with Gasteiger partial charge < -0.3 is 25.5 Å². The van der Waals surface area contributed by atoms with E-state index in [2.05, 4.69) is 0 Å². The van der Waals surface area contributed by atoms with Crippen molar-refractivity contribution in [3.63, 3.8) is 0 Å². The minimum Gasteiger partial charge on any atom is -0.504 e. The third kappa shape index (κ3) is 2.20. The summed E-state index contributed by atoms with van der Waals surface area (Å²) >= 11 is 0. The highest BCUT2D eigenvalue weighted by Crippen LogP contribution is 2.53. The molecule has 0 saturated carbocycles. The van der Waals surface area contributed by atoms with E-state index in [9.17, 15) is 25.5 Å². The summed E-state index contributed by atoms with van der Waals surface area (Å²) in [6.07, 6.45) is 5.76. The summed E-state index contributed by atoms with van der Waals surface area (Å²) in [5.41, 5.74) is 0.285. The molecular weight excluding hydrogens is 236 g/mol. The standard InChI is InChI=1S/C13H16O5/c1-3-5-6-7(4-2)8-9(14)11(16)13(18)12(17)10(8)15/h4-6,14-18H,3H2,1-2H3/b6-5-,7-4+. The Kier molecular flexibility index (Phi) is 4.09. The molecule has 5 nitrogen and oxygen atoms in total. The van der Waals surface area contributed by atoms with E-state index in [4.69, 9.17) is 0 Å². The van der Waals surface area contributed by atoms with Crippen LogP contribution in [0.3, 0.4) is 0 Å². The van der Waals surface area contributed by atoms with Crippen molar-refractivity contribution in [2.45, 2.75) is 20.3 Å². The number of benzene rings is 1. The van der Waals surface area contributed by atoms with E-state index in [1.807, 2.05) is 6.92 Å². The fourth-order valence-electron chi connectivity index (χ4n) is 1.53. The van der Waals surface area contributed by atoms with Gasteiger partial charge in [0.1, 0.15) is 0 Å². The van der Waals surface area contributed by atoms with Crippen molar-refractivity contribution >= 4 is 5.57 Å². The van der Waals surface area contributed by atoms with Gasteiger partial charge in [-0.15, -0.1) is 0 Å². The van der Waals surface area contributed by atoms with Gasteiger partial charge in [0.05, 0.1) is 5.56 Å². The van der Waals surface area contributed by atoms with Crippen molar-refractivity contribution in [1.29, 1.82) is 0 Å². The van der Waals surface area contributed by atoms with E-state index in [1.165, 1.54) is 0 Å². The molecular formula is C13H16O5. The maximum atomic E-state index is 9.73.